The second kappa shape index (κ2) is 13.5. The van der Waals surface area contributed by atoms with E-state index in [1.54, 1.807) is 84.9 Å². The van der Waals surface area contributed by atoms with Crippen LogP contribution in [0.25, 0.3) is 5.52 Å². The summed E-state index contributed by atoms with van der Waals surface area (Å²) in [5.41, 5.74) is 6.07. The van der Waals surface area contributed by atoms with Crippen LogP contribution < -0.4 is 5.73 Å². The molecule has 3 aromatic carbocycles. The third-order valence-corrected chi connectivity index (χ3v) is 7.91. The number of nitriles is 1. The highest BCUT2D eigenvalue weighted by atomic mass is 16.6. The van der Waals surface area contributed by atoms with Gasteiger partial charge in [0.1, 0.15) is 43.3 Å². The second-order valence-corrected chi connectivity index (χ2v) is 10.8. The van der Waals surface area contributed by atoms with Gasteiger partial charge in [0.15, 0.2) is 5.82 Å². The maximum absolute atomic E-state index is 13.5. The molecule has 12 nitrogen and oxygen atoms in total. The quantitative estimate of drug-likeness (QED) is 0.175. The topological polar surface area (TPSA) is 168 Å². The molecule has 0 bridgehead atoms. The fraction of sp³-hybridized carbons (Fsp3) is 0.200. The van der Waals surface area contributed by atoms with Gasteiger partial charge in [-0.1, -0.05) is 66.7 Å². The van der Waals surface area contributed by atoms with Crippen molar-refractivity contribution in [1.82, 2.24) is 14.6 Å². The largest absolute Gasteiger partial charge is 0.463 e. The van der Waals surface area contributed by atoms with Crippen LogP contribution in [-0.4, -0.2) is 57.9 Å². The standard InChI is InChI=1S/C35H29N5O7/c36-21-35(29-17-16-27-32(37)38-22-39-40(27)29)26(19-45-33(42)24-12-6-2-7-13-24)31(46-34(43)25-14-8-3-9-15-25)28(47-35)20-44-30(41)18-23-10-4-1-5-11-23/h1-17,22,26,28,31H,18-20H2,(H2,37,38,39)/t26-,28-,31+,35-/m1/s1. The Kier molecular flexibility index (Phi) is 8.90. The Balaban J connectivity index is 1.38. The zero-order valence-electron chi connectivity index (χ0n) is 25.0. The third kappa shape index (κ3) is 6.38. The van der Waals surface area contributed by atoms with Crippen LogP contribution in [0.2, 0.25) is 0 Å². The molecule has 1 saturated heterocycles. The minimum Gasteiger partial charge on any atom is -0.463 e. The minimum atomic E-state index is -1.91. The molecule has 2 N–H and O–H groups in total. The van der Waals surface area contributed by atoms with E-state index in [1.807, 2.05) is 18.2 Å². The fourth-order valence-corrected chi connectivity index (χ4v) is 5.61. The van der Waals surface area contributed by atoms with E-state index in [1.165, 1.54) is 10.8 Å². The highest BCUT2D eigenvalue weighted by Crippen LogP contribution is 2.46. The molecule has 0 spiro atoms. The molecule has 2 aromatic heterocycles. The molecule has 1 aliphatic rings. The number of anilines is 1. The Hall–Kier alpha value is -6.06. The summed E-state index contributed by atoms with van der Waals surface area (Å²) in [6, 6.07) is 31.1. The zero-order valence-corrected chi connectivity index (χ0v) is 25.0. The number of esters is 3. The van der Waals surface area contributed by atoms with Crippen LogP contribution in [0.5, 0.6) is 0 Å². The number of fused-ring (bicyclic) bond motifs is 1. The van der Waals surface area contributed by atoms with E-state index < -0.39 is 48.2 Å². The van der Waals surface area contributed by atoms with Gasteiger partial charge >= 0.3 is 17.9 Å². The monoisotopic (exact) mass is 631 g/mol. The molecule has 0 unspecified atom stereocenters. The average molecular weight is 632 g/mol. The van der Waals surface area contributed by atoms with E-state index in [9.17, 15) is 19.6 Å². The summed E-state index contributed by atoms with van der Waals surface area (Å²) in [6.07, 6.45) is -1.15. The van der Waals surface area contributed by atoms with Gasteiger partial charge in [-0.15, -0.1) is 0 Å². The molecule has 47 heavy (non-hydrogen) atoms. The molecule has 12 heteroatoms. The summed E-state index contributed by atoms with van der Waals surface area (Å²) in [7, 11) is 0. The lowest BCUT2D eigenvalue weighted by Crippen LogP contribution is -2.42. The Morgan fingerprint density at radius 2 is 1.49 bits per heavy atom. The van der Waals surface area contributed by atoms with Crippen molar-refractivity contribution in [2.45, 2.75) is 24.2 Å². The van der Waals surface area contributed by atoms with Gasteiger partial charge in [0, 0.05) is 0 Å². The van der Waals surface area contributed by atoms with Gasteiger partial charge in [0.2, 0.25) is 5.60 Å². The molecular weight excluding hydrogens is 602 g/mol. The number of ether oxygens (including phenoxy) is 4. The number of benzene rings is 3. The fourth-order valence-electron chi connectivity index (χ4n) is 5.61. The molecule has 4 atom stereocenters. The number of hydrogen-bond acceptors (Lipinski definition) is 11. The first-order valence-electron chi connectivity index (χ1n) is 14.7. The lowest BCUT2D eigenvalue weighted by Gasteiger charge is -2.28. The van der Waals surface area contributed by atoms with Crippen LogP contribution in [-0.2, 0) is 35.8 Å². The number of aromatic nitrogens is 3. The number of carbonyl (C=O) groups is 3. The Morgan fingerprint density at radius 3 is 2.15 bits per heavy atom. The molecule has 0 aliphatic carbocycles. The normalized spacial score (nSPS) is 20.3. The van der Waals surface area contributed by atoms with Crippen LogP contribution in [0, 0.1) is 17.2 Å². The zero-order chi connectivity index (χ0) is 32.8. The second-order valence-electron chi connectivity index (χ2n) is 10.8. The van der Waals surface area contributed by atoms with Gasteiger partial charge in [0.05, 0.1) is 29.2 Å². The summed E-state index contributed by atoms with van der Waals surface area (Å²) in [4.78, 5) is 43.5. The average Bonchev–Trinajstić information content (AvgIpc) is 3.68. The summed E-state index contributed by atoms with van der Waals surface area (Å²) in [5.74, 6) is -2.87. The van der Waals surface area contributed by atoms with E-state index in [0.29, 0.717) is 5.52 Å². The van der Waals surface area contributed by atoms with Gasteiger partial charge in [-0.2, -0.15) is 10.4 Å². The number of nitrogens with zero attached hydrogens (tertiary/aromatic N) is 4. The number of nitrogens with two attached hydrogens (primary N) is 1. The maximum atomic E-state index is 13.5. The molecule has 1 aliphatic heterocycles. The number of rotatable bonds is 10. The molecular formula is C35H29N5O7. The first-order chi connectivity index (χ1) is 22.9. The Labute approximate surface area is 269 Å². The lowest BCUT2D eigenvalue weighted by molar-refractivity contribution is -0.149. The predicted octanol–water partition coefficient (Wildman–Crippen LogP) is 3.91. The number of hydrogen-bond donors (Lipinski definition) is 1. The molecule has 0 saturated carbocycles. The summed E-state index contributed by atoms with van der Waals surface area (Å²) in [6.45, 7) is -0.776. The van der Waals surface area contributed by atoms with Crippen molar-refractivity contribution in [3.63, 3.8) is 0 Å². The Bertz CT molecular complexity index is 1930. The minimum absolute atomic E-state index is 0.0108. The van der Waals surface area contributed by atoms with Gasteiger partial charge in [0.25, 0.3) is 0 Å². The number of carbonyl (C=O) groups excluding carboxylic acids is 3. The highest BCUT2D eigenvalue weighted by molar-refractivity contribution is 5.90. The van der Waals surface area contributed by atoms with Crippen molar-refractivity contribution in [2.24, 2.45) is 5.92 Å². The lowest BCUT2D eigenvalue weighted by atomic mass is 9.83. The molecule has 0 amide bonds. The Morgan fingerprint density at radius 1 is 0.851 bits per heavy atom. The highest BCUT2D eigenvalue weighted by Gasteiger charge is 2.60. The van der Waals surface area contributed by atoms with Crippen LogP contribution in [0.1, 0.15) is 32.0 Å². The van der Waals surface area contributed by atoms with Crippen LogP contribution in [0.15, 0.2) is 109 Å². The SMILES string of the molecule is N#C[C@@]1(c2ccc3c(N)ncnn23)O[C@H](COC(=O)Cc2ccccc2)[C@@H](OC(=O)c2ccccc2)[C@H]1COC(=O)c1ccccc1. The van der Waals surface area contributed by atoms with Crippen LogP contribution >= 0.6 is 0 Å². The van der Waals surface area contributed by atoms with Crippen molar-refractivity contribution < 1.29 is 33.3 Å². The first-order valence-corrected chi connectivity index (χ1v) is 14.7. The van der Waals surface area contributed by atoms with E-state index in [-0.39, 0.29) is 35.7 Å². The van der Waals surface area contributed by atoms with Gasteiger partial charge in [-0.25, -0.2) is 19.1 Å². The molecule has 5 aromatic rings. The van der Waals surface area contributed by atoms with Gasteiger partial charge in [-0.05, 0) is 42.0 Å². The molecule has 3 heterocycles. The third-order valence-electron chi connectivity index (χ3n) is 7.91. The van der Waals surface area contributed by atoms with Gasteiger partial charge < -0.3 is 24.7 Å². The van der Waals surface area contributed by atoms with Crippen molar-refractivity contribution in [3.8, 4) is 6.07 Å². The van der Waals surface area contributed by atoms with Crippen LogP contribution in [0.4, 0.5) is 5.82 Å². The molecule has 1 fully saturated rings. The van der Waals surface area contributed by atoms with E-state index in [4.69, 9.17) is 24.7 Å². The van der Waals surface area contributed by atoms with Crippen molar-refractivity contribution in [3.05, 3.63) is 132 Å². The van der Waals surface area contributed by atoms with E-state index in [2.05, 4.69) is 16.2 Å². The molecule has 6 rings (SSSR count). The van der Waals surface area contributed by atoms with E-state index in [0.717, 1.165) is 5.56 Å². The predicted molar refractivity (Wildman–Crippen MR) is 167 cm³/mol. The van der Waals surface area contributed by atoms with Gasteiger partial charge in [-0.3, -0.25) is 4.79 Å². The maximum Gasteiger partial charge on any atom is 0.338 e. The number of nitrogen functional groups attached to an aromatic ring is 1. The van der Waals surface area contributed by atoms with Crippen molar-refractivity contribution in [1.29, 1.82) is 5.26 Å². The summed E-state index contributed by atoms with van der Waals surface area (Å²) in [5, 5.41) is 15.2. The molecule has 236 valence electrons. The smallest absolute Gasteiger partial charge is 0.338 e. The van der Waals surface area contributed by atoms with E-state index >= 15 is 0 Å². The molecule has 0 radical (unpaired) electrons. The first kappa shape index (κ1) is 30.9. The van der Waals surface area contributed by atoms with Crippen molar-refractivity contribution >= 4 is 29.2 Å². The van der Waals surface area contributed by atoms with Crippen molar-refractivity contribution in [2.75, 3.05) is 18.9 Å². The van der Waals surface area contributed by atoms with Crippen LogP contribution in [0.3, 0.4) is 0 Å². The summed E-state index contributed by atoms with van der Waals surface area (Å²) < 4.78 is 25.3. The summed E-state index contributed by atoms with van der Waals surface area (Å²) >= 11 is 0.